The van der Waals surface area contributed by atoms with Crippen molar-refractivity contribution < 1.29 is 9.90 Å². The minimum atomic E-state index is -1.23. The number of aryl methyl sites for hydroxylation is 1. The molecule has 0 fully saturated rings. The highest BCUT2D eigenvalue weighted by Gasteiger charge is 2.16. The van der Waals surface area contributed by atoms with Crippen LogP contribution in [-0.2, 0) is 6.54 Å². The number of hydrogen-bond acceptors (Lipinski definition) is 5. The predicted octanol–water partition coefficient (Wildman–Crippen LogP) is 1.46. The van der Waals surface area contributed by atoms with Gasteiger partial charge in [0.25, 0.3) is 11.1 Å². The van der Waals surface area contributed by atoms with E-state index in [4.69, 9.17) is 0 Å². The first kappa shape index (κ1) is 16.6. The van der Waals surface area contributed by atoms with E-state index in [-0.39, 0.29) is 28.6 Å². The van der Waals surface area contributed by atoms with E-state index in [1.807, 2.05) is 0 Å². The Bertz CT molecular complexity index is 1340. The largest absolute Gasteiger partial charge is 0.476 e. The Morgan fingerprint density at radius 3 is 2.56 bits per heavy atom. The standard InChI is InChI=1S/C19H14N4O4/c1-11-5-4-8-15-20-12(9-16(24)23(11)15)10-22-18(25)14-7-3-2-6-13(14)17(21-22)19(26)27/h2-9H,10H2,1H3,(H,26,27). The Hall–Kier alpha value is -3.81. The number of aromatic carboxylic acids is 1. The van der Waals surface area contributed by atoms with Crippen LogP contribution in [0.2, 0.25) is 0 Å². The van der Waals surface area contributed by atoms with Crippen molar-refractivity contribution >= 4 is 22.4 Å². The maximum absolute atomic E-state index is 12.7. The molecule has 0 bridgehead atoms. The smallest absolute Gasteiger partial charge is 0.357 e. The van der Waals surface area contributed by atoms with Crippen molar-refractivity contribution in [1.82, 2.24) is 19.2 Å². The number of aromatic nitrogens is 4. The average molecular weight is 362 g/mol. The number of pyridine rings is 1. The second-order valence-electron chi connectivity index (χ2n) is 6.11. The number of benzene rings is 1. The summed E-state index contributed by atoms with van der Waals surface area (Å²) in [5.41, 5.74) is 0.572. The van der Waals surface area contributed by atoms with Crippen LogP contribution in [0.25, 0.3) is 16.4 Å². The van der Waals surface area contributed by atoms with Gasteiger partial charge in [-0.25, -0.2) is 14.5 Å². The van der Waals surface area contributed by atoms with Crippen molar-refractivity contribution in [2.75, 3.05) is 0 Å². The van der Waals surface area contributed by atoms with Crippen LogP contribution >= 0.6 is 0 Å². The van der Waals surface area contributed by atoms with Gasteiger partial charge in [-0.3, -0.25) is 14.0 Å². The molecular weight excluding hydrogens is 348 g/mol. The number of hydrogen-bond donors (Lipinski definition) is 1. The first-order valence-electron chi connectivity index (χ1n) is 8.17. The third-order valence-corrected chi connectivity index (χ3v) is 4.32. The summed E-state index contributed by atoms with van der Waals surface area (Å²) >= 11 is 0. The summed E-state index contributed by atoms with van der Waals surface area (Å²) in [6.45, 7) is 1.69. The van der Waals surface area contributed by atoms with Crippen molar-refractivity contribution in [3.05, 3.63) is 86.3 Å². The Morgan fingerprint density at radius 2 is 1.81 bits per heavy atom. The van der Waals surface area contributed by atoms with Crippen LogP contribution in [0, 0.1) is 6.92 Å². The molecule has 0 aliphatic carbocycles. The van der Waals surface area contributed by atoms with E-state index >= 15 is 0 Å². The van der Waals surface area contributed by atoms with Gasteiger partial charge in [0.15, 0.2) is 5.69 Å². The normalized spacial score (nSPS) is 11.1. The number of nitrogens with zero attached hydrogens (tertiary/aromatic N) is 4. The fraction of sp³-hybridized carbons (Fsp3) is 0.105. The zero-order chi connectivity index (χ0) is 19.1. The number of rotatable bonds is 3. The molecule has 1 aromatic carbocycles. The summed E-state index contributed by atoms with van der Waals surface area (Å²) < 4.78 is 2.49. The highest BCUT2D eigenvalue weighted by molar-refractivity contribution is 6.01. The van der Waals surface area contributed by atoms with E-state index in [1.165, 1.54) is 10.5 Å². The monoisotopic (exact) mass is 362 g/mol. The van der Waals surface area contributed by atoms with Crippen molar-refractivity contribution in [2.24, 2.45) is 0 Å². The van der Waals surface area contributed by atoms with Crippen LogP contribution in [0.3, 0.4) is 0 Å². The van der Waals surface area contributed by atoms with Crippen molar-refractivity contribution in [2.45, 2.75) is 13.5 Å². The highest BCUT2D eigenvalue weighted by atomic mass is 16.4. The Labute approximate surface area is 152 Å². The molecule has 4 aromatic rings. The lowest BCUT2D eigenvalue weighted by atomic mass is 10.1. The van der Waals surface area contributed by atoms with Crippen molar-refractivity contribution in [3.63, 3.8) is 0 Å². The van der Waals surface area contributed by atoms with Crippen molar-refractivity contribution in [1.29, 1.82) is 0 Å². The second kappa shape index (κ2) is 6.17. The van der Waals surface area contributed by atoms with Crippen LogP contribution in [0.4, 0.5) is 0 Å². The molecule has 0 amide bonds. The average Bonchev–Trinajstić information content (AvgIpc) is 2.63. The van der Waals surface area contributed by atoms with Crippen LogP contribution in [-0.4, -0.2) is 30.2 Å². The first-order chi connectivity index (χ1) is 13.0. The summed E-state index contributed by atoms with van der Waals surface area (Å²) in [6.07, 6.45) is 0. The molecule has 0 aliphatic rings. The summed E-state index contributed by atoms with van der Waals surface area (Å²) in [7, 11) is 0. The van der Waals surface area contributed by atoms with Crippen LogP contribution < -0.4 is 11.1 Å². The summed E-state index contributed by atoms with van der Waals surface area (Å²) in [6, 6.07) is 13.0. The van der Waals surface area contributed by atoms with Crippen LogP contribution in [0.15, 0.2) is 58.1 Å². The van der Waals surface area contributed by atoms with E-state index in [2.05, 4.69) is 10.1 Å². The highest BCUT2D eigenvalue weighted by Crippen LogP contribution is 2.13. The van der Waals surface area contributed by atoms with Gasteiger partial charge >= 0.3 is 5.97 Å². The lowest BCUT2D eigenvalue weighted by Crippen LogP contribution is -2.28. The number of carboxylic acids is 1. The molecule has 3 heterocycles. The van der Waals surface area contributed by atoms with Crippen LogP contribution in [0.1, 0.15) is 21.9 Å². The summed E-state index contributed by atoms with van der Waals surface area (Å²) in [5.74, 6) is -1.23. The number of fused-ring (bicyclic) bond motifs is 2. The molecular formula is C19H14N4O4. The van der Waals surface area contributed by atoms with E-state index in [0.29, 0.717) is 11.3 Å². The van der Waals surface area contributed by atoms with Gasteiger partial charge in [0, 0.05) is 17.1 Å². The SMILES string of the molecule is Cc1cccc2nc(Cn3nc(C(=O)O)c4ccccc4c3=O)cc(=O)n12. The fourth-order valence-electron chi connectivity index (χ4n) is 3.10. The van der Waals surface area contributed by atoms with Gasteiger partial charge in [0.1, 0.15) is 5.65 Å². The van der Waals surface area contributed by atoms with Gasteiger partial charge in [0.2, 0.25) is 0 Å². The first-order valence-corrected chi connectivity index (χ1v) is 8.17. The lowest BCUT2D eigenvalue weighted by Gasteiger charge is -2.10. The molecule has 1 N–H and O–H groups in total. The Morgan fingerprint density at radius 1 is 1.07 bits per heavy atom. The topological polar surface area (TPSA) is 107 Å². The van der Waals surface area contributed by atoms with E-state index in [9.17, 15) is 19.5 Å². The zero-order valence-corrected chi connectivity index (χ0v) is 14.3. The number of carboxylic acid groups (broad SMARTS) is 1. The van der Waals surface area contributed by atoms with Gasteiger partial charge in [-0.1, -0.05) is 24.3 Å². The molecule has 0 radical (unpaired) electrons. The van der Waals surface area contributed by atoms with Gasteiger partial charge in [-0.15, -0.1) is 0 Å². The third kappa shape index (κ3) is 2.77. The minimum absolute atomic E-state index is 0.108. The van der Waals surface area contributed by atoms with Gasteiger partial charge < -0.3 is 5.11 Å². The Kier molecular flexibility index (Phi) is 3.80. The zero-order valence-electron chi connectivity index (χ0n) is 14.3. The summed E-state index contributed by atoms with van der Waals surface area (Å²) in [5, 5.41) is 13.9. The molecule has 0 unspecified atom stereocenters. The minimum Gasteiger partial charge on any atom is -0.476 e. The maximum atomic E-state index is 12.7. The molecule has 0 saturated carbocycles. The molecule has 0 saturated heterocycles. The Balaban J connectivity index is 1.91. The molecule has 8 nitrogen and oxygen atoms in total. The molecule has 0 spiro atoms. The fourth-order valence-corrected chi connectivity index (χ4v) is 3.10. The third-order valence-electron chi connectivity index (χ3n) is 4.32. The number of carbonyl (C=O) groups is 1. The van der Waals surface area contributed by atoms with E-state index in [1.54, 1.807) is 49.4 Å². The van der Waals surface area contributed by atoms with Gasteiger partial charge in [-0.2, -0.15) is 5.10 Å². The molecule has 4 rings (SSSR count). The van der Waals surface area contributed by atoms with Crippen LogP contribution in [0.5, 0.6) is 0 Å². The van der Waals surface area contributed by atoms with Gasteiger partial charge in [0.05, 0.1) is 17.6 Å². The molecule has 0 aliphatic heterocycles. The molecule has 8 heteroatoms. The molecule has 27 heavy (non-hydrogen) atoms. The van der Waals surface area contributed by atoms with Crippen molar-refractivity contribution in [3.8, 4) is 0 Å². The van der Waals surface area contributed by atoms with Gasteiger partial charge in [-0.05, 0) is 25.1 Å². The van der Waals surface area contributed by atoms with E-state index < -0.39 is 11.5 Å². The second-order valence-corrected chi connectivity index (χ2v) is 6.11. The summed E-state index contributed by atoms with van der Waals surface area (Å²) in [4.78, 5) is 41.1. The molecule has 0 atom stereocenters. The maximum Gasteiger partial charge on any atom is 0.357 e. The quantitative estimate of drug-likeness (QED) is 0.591. The molecule has 134 valence electrons. The lowest BCUT2D eigenvalue weighted by molar-refractivity contribution is 0.0690. The molecule has 3 aromatic heterocycles. The van der Waals surface area contributed by atoms with E-state index in [0.717, 1.165) is 10.4 Å². The predicted molar refractivity (Wildman–Crippen MR) is 98.3 cm³/mol.